The van der Waals surface area contributed by atoms with Crippen molar-refractivity contribution in [2.24, 2.45) is 0 Å². The lowest BCUT2D eigenvalue weighted by Gasteiger charge is -2.40. The van der Waals surface area contributed by atoms with E-state index in [1.54, 1.807) is 36.9 Å². The second kappa shape index (κ2) is 6.54. The van der Waals surface area contributed by atoms with E-state index < -0.39 is 5.82 Å². The third kappa shape index (κ3) is 3.60. The van der Waals surface area contributed by atoms with E-state index >= 15 is 0 Å². The van der Waals surface area contributed by atoms with Gasteiger partial charge >= 0.3 is 0 Å². The first kappa shape index (κ1) is 15.9. The van der Waals surface area contributed by atoms with Crippen molar-refractivity contribution in [3.63, 3.8) is 0 Å². The van der Waals surface area contributed by atoms with E-state index in [1.807, 2.05) is 6.92 Å². The Morgan fingerprint density at radius 2 is 2.19 bits per heavy atom. The summed E-state index contributed by atoms with van der Waals surface area (Å²) in [6.45, 7) is 7.93. The van der Waals surface area contributed by atoms with Gasteiger partial charge in [-0.1, -0.05) is 12.1 Å². The smallest absolute Gasteiger partial charge is 0.257 e. The zero-order valence-corrected chi connectivity index (χ0v) is 12.8. The molecule has 1 N–H and O–H groups in total. The molecule has 0 spiro atoms. The van der Waals surface area contributed by atoms with Crippen molar-refractivity contribution >= 4 is 5.91 Å². The van der Waals surface area contributed by atoms with Crippen LogP contribution in [0.2, 0.25) is 0 Å². The summed E-state index contributed by atoms with van der Waals surface area (Å²) in [5, 5.41) is 9.44. The van der Waals surface area contributed by atoms with Crippen molar-refractivity contribution in [3.8, 4) is 0 Å². The summed E-state index contributed by atoms with van der Waals surface area (Å²) in [6.07, 6.45) is -0.381. The molecule has 5 heteroatoms. The van der Waals surface area contributed by atoms with Crippen molar-refractivity contribution in [2.75, 3.05) is 26.2 Å². The normalized spacial score (nSPS) is 21.4. The van der Waals surface area contributed by atoms with Gasteiger partial charge in [0.2, 0.25) is 0 Å². The van der Waals surface area contributed by atoms with E-state index in [4.69, 9.17) is 0 Å². The standard InChI is InChI=1S/C16H23FN2O2/c1-11-5-4-6-14(15(11)17)16(21)19-8-7-18(9-12(19)2)10-13(3)20/h4-6,12-13,20H,7-10H2,1-3H3/t12-,13-/m0/s1. The van der Waals surface area contributed by atoms with Crippen LogP contribution in [0, 0.1) is 12.7 Å². The minimum absolute atomic E-state index is 0.00455. The summed E-state index contributed by atoms with van der Waals surface area (Å²) in [5.74, 6) is -0.679. The minimum atomic E-state index is -0.430. The molecule has 2 rings (SSSR count). The van der Waals surface area contributed by atoms with Crippen LogP contribution in [0.15, 0.2) is 18.2 Å². The van der Waals surface area contributed by atoms with E-state index in [9.17, 15) is 14.3 Å². The number of benzene rings is 1. The predicted octanol–water partition coefficient (Wildman–Crippen LogP) is 1.66. The van der Waals surface area contributed by atoms with Crippen LogP contribution in [0.4, 0.5) is 4.39 Å². The number of aryl methyl sites for hydroxylation is 1. The van der Waals surface area contributed by atoms with Crippen LogP contribution in [-0.4, -0.2) is 59.1 Å². The summed E-state index contributed by atoms with van der Waals surface area (Å²) >= 11 is 0. The molecule has 0 aliphatic carbocycles. The maximum Gasteiger partial charge on any atom is 0.257 e. The van der Waals surface area contributed by atoms with Crippen LogP contribution < -0.4 is 0 Å². The van der Waals surface area contributed by atoms with Gasteiger partial charge in [-0.2, -0.15) is 0 Å². The summed E-state index contributed by atoms with van der Waals surface area (Å²) in [6, 6.07) is 4.92. The second-order valence-corrected chi connectivity index (χ2v) is 5.89. The molecular formula is C16H23FN2O2. The lowest BCUT2D eigenvalue weighted by atomic mass is 10.1. The molecule has 2 atom stereocenters. The first-order chi connectivity index (χ1) is 9.90. The summed E-state index contributed by atoms with van der Waals surface area (Å²) in [5.41, 5.74) is 0.632. The molecule has 1 amide bonds. The lowest BCUT2D eigenvalue weighted by molar-refractivity contribution is 0.0379. The number of halogens is 1. The van der Waals surface area contributed by atoms with Crippen molar-refractivity contribution in [3.05, 3.63) is 35.1 Å². The Morgan fingerprint density at radius 3 is 2.81 bits per heavy atom. The van der Waals surface area contributed by atoms with Gasteiger partial charge in [0.15, 0.2) is 0 Å². The van der Waals surface area contributed by atoms with Gasteiger partial charge in [0.25, 0.3) is 5.91 Å². The van der Waals surface area contributed by atoms with Gasteiger partial charge < -0.3 is 10.0 Å². The first-order valence-electron chi connectivity index (χ1n) is 7.36. The molecule has 1 heterocycles. The quantitative estimate of drug-likeness (QED) is 0.922. The largest absolute Gasteiger partial charge is 0.392 e. The van der Waals surface area contributed by atoms with E-state index in [0.29, 0.717) is 31.7 Å². The Bertz CT molecular complexity index is 519. The topological polar surface area (TPSA) is 43.8 Å². The molecule has 0 bridgehead atoms. The number of rotatable bonds is 3. The maximum absolute atomic E-state index is 14.1. The number of aliphatic hydroxyl groups excluding tert-OH is 1. The molecule has 116 valence electrons. The maximum atomic E-state index is 14.1. The molecule has 1 aromatic rings. The summed E-state index contributed by atoms with van der Waals surface area (Å²) in [7, 11) is 0. The molecule has 1 aromatic carbocycles. The second-order valence-electron chi connectivity index (χ2n) is 5.89. The average Bonchev–Trinajstić information content (AvgIpc) is 2.40. The van der Waals surface area contributed by atoms with Gasteiger partial charge in [0.05, 0.1) is 11.7 Å². The molecular weight excluding hydrogens is 271 g/mol. The van der Waals surface area contributed by atoms with Crippen LogP contribution in [0.1, 0.15) is 29.8 Å². The van der Waals surface area contributed by atoms with E-state index in [1.165, 1.54) is 0 Å². The summed E-state index contributed by atoms with van der Waals surface area (Å²) in [4.78, 5) is 16.4. The average molecular weight is 294 g/mol. The van der Waals surface area contributed by atoms with Crippen LogP contribution in [-0.2, 0) is 0 Å². The van der Waals surface area contributed by atoms with Gasteiger partial charge in [-0.25, -0.2) is 4.39 Å². The van der Waals surface area contributed by atoms with Gasteiger partial charge in [0, 0.05) is 32.2 Å². The van der Waals surface area contributed by atoms with Crippen LogP contribution in [0.5, 0.6) is 0 Å². The first-order valence-corrected chi connectivity index (χ1v) is 7.36. The van der Waals surface area contributed by atoms with Gasteiger partial charge in [-0.05, 0) is 32.4 Å². The van der Waals surface area contributed by atoms with E-state index in [0.717, 1.165) is 0 Å². The molecule has 21 heavy (non-hydrogen) atoms. The summed E-state index contributed by atoms with van der Waals surface area (Å²) < 4.78 is 14.1. The number of carbonyl (C=O) groups excluding carboxylic acids is 1. The van der Waals surface area contributed by atoms with Gasteiger partial charge in [-0.15, -0.1) is 0 Å². The van der Waals surface area contributed by atoms with Crippen LogP contribution in [0.25, 0.3) is 0 Å². The predicted molar refractivity (Wildman–Crippen MR) is 79.8 cm³/mol. The number of amides is 1. The molecule has 1 aliphatic rings. The highest BCUT2D eigenvalue weighted by molar-refractivity contribution is 5.95. The third-order valence-corrected chi connectivity index (χ3v) is 3.92. The molecule has 1 aliphatic heterocycles. The molecule has 1 saturated heterocycles. The van der Waals surface area contributed by atoms with Gasteiger partial charge in [-0.3, -0.25) is 9.69 Å². The number of nitrogens with zero attached hydrogens (tertiary/aromatic N) is 2. The third-order valence-electron chi connectivity index (χ3n) is 3.92. The SMILES string of the molecule is Cc1cccc(C(=O)N2CCN(C[C@H](C)O)C[C@@H]2C)c1F. The van der Waals surface area contributed by atoms with Crippen molar-refractivity contribution < 1.29 is 14.3 Å². The Morgan fingerprint density at radius 1 is 1.48 bits per heavy atom. The monoisotopic (exact) mass is 294 g/mol. The van der Waals surface area contributed by atoms with E-state index in [2.05, 4.69) is 4.90 Å². The van der Waals surface area contributed by atoms with Crippen LogP contribution >= 0.6 is 0 Å². The fraction of sp³-hybridized carbons (Fsp3) is 0.562. The number of carbonyl (C=O) groups is 1. The fourth-order valence-corrected chi connectivity index (χ4v) is 2.84. The molecule has 4 nitrogen and oxygen atoms in total. The molecule has 0 unspecified atom stereocenters. The zero-order valence-electron chi connectivity index (χ0n) is 12.8. The van der Waals surface area contributed by atoms with Crippen LogP contribution in [0.3, 0.4) is 0 Å². The highest BCUT2D eigenvalue weighted by Crippen LogP contribution is 2.18. The number of hydrogen-bond donors (Lipinski definition) is 1. The Balaban J connectivity index is 2.09. The Labute approximate surface area is 125 Å². The molecule has 0 aromatic heterocycles. The minimum Gasteiger partial charge on any atom is -0.392 e. The highest BCUT2D eigenvalue weighted by atomic mass is 19.1. The molecule has 1 fully saturated rings. The van der Waals surface area contributed by atoms with Crippen molar-refractivity contribution in [1.82, 2.24) is 9.80 Å². The zero-order chi connectivity index (χ0) is 15.6. The Hall–Kier alpha value is -1.46. The fourth-order valence-electron chi connectivity index (χ4n) is 2.84. The lowest BCUT2D eigenvalue weighted by Crippen LogP contribution is -2.55. The van der Waals surface area contributed by atoms with Crippen molar-refractivity contribution in [1.29, 1.82) is 0 Å². The number of hydrogen-bond acceptors (Lipinski definition) is 3. The number of β-amino-alcohol motifs (C(OH)–C–C–N with tert-alkyl or cyclic N) is 1. The molecule has 0 saturated carbocycles. The highest BCUT2D eigenvalue weighted by Gasteiger charge is 2.29. The van der Waals surface area contributed by atoms with Crippen molar-refractivity contribution in [2.45, 2.75) is 32.9 Å². The molecule has 0 radical (unpaired) electrons. The number of piperazine rings is 1. The Kier molecular flexibility index (Phi) is 4.96. The van der Waals surface area contributed by atoms with Gasteiger partial charge in [0.1, 0.15) is 5.82 Å². The number of aliphatic hydroxyl groups is 1. The van der Waals surface area contributed by atoms with E-state index in [-0.39, 0.29) is 23.6 Å².